The molecule has 1 amide bonds. The number of carbonyl (C=O) groups is 1. The van der Waals surface area contributed by atoms with Gasteiger partial charge in [0, 0.05) is 18.8 Å². The van der Waals surface area contributed by atoms with E-state index >= 15 is 0 Å². The summed E-state index contributed by atoms with van der Waals surface area (Å²) in [4.78, 5) is 11.9. The van der Waals surface area contributed by atoms with Crippen molar-refractivity contribution in [1.82, 2.24) is 5.32 Å². The van der Waals surface area contributed by atoms with Crippen molar-refractivity contribution in [3.05, 3.63) is 30.1 Å². The molecule has 1 aliphatic rings. The van der Waals surface area contributed by atoms with Crippen molar-refractivity contribution in [3.8, 4) is 0 Å². The third-order valence-electron chi connectivity index (χ3n) is 3.15. The van der Waals surface area contributed by atoms with Crippen molar-refractivity contribution in [2.45, 2.75) is 31.9 Å². The molecule has 0 saturated carbocycles. The van der Waals surface area contributed by atoms with E-state index in [-0.39, 0.29) is 23.9 Å². The van der Waals surface area contributed by atoms with Crippen LogP contribution < -0.4 is 10.6 Å². The maximum Gasteiger partial charge on any atom is 0.242 e. The second kappa shape index (κ2) is 6.52. The first-order valence-corrected chi connectivity index (χ1v) is 6.56. The molecular weight excluding hydrogens is 247 g/mol. The number of benzene rings is 1. The van der Waals surface area contributed by atoms with Gasteiger partial charge in [0.25, 0.3) is 0 Å². The van der Waals surface area contributed by atoms with Crippen LogP contribution in [0.5, 0.6) is 0 Å². The lowest BCUT2D eigenvalue weighted by molar-refractivity contribution is -0.122. The van der Waals surface area contributed by atoms with Crippen molar-refractivity contribution < 1.29 is 13.9 Å². The Morgan fingerprint density at radius 2 is 2.21 bits per heavy atom. The number of anilines is 1. The van der Waals surface area contributed by atoms with Gasteiger partial charge in [0.15, 0.2) is 0 Å². The lowest BCUT2D eigenvalue weighted by Crippen LogP contribution is -2.41. The average molecular weight is 266 g/mol. The summed E-state index contributed by atoms with van der Waals surface area (Å²) in [6.07, 6.45) is 2.20. The molecule has 1 fully saturated rings. The van der Waals surface area contributed by atoms with Crippen LogP contribution in [0.3, 0.4) is 0 Å². The molecule has 0 bridgehead atoms. The molecule has 2 N–H and O–H groups in total. The first-order valence-electron chi connectivity index (χ1n) is 6.56. The Bertz CT molecular complexity index is 416. The molecule has 1 aliphatic heterocycles. The standard InChI is InChI=1S/C14H19FN2O2/c1-10(17-12-6-4-11(15)5-7-12)14(18)16-9-13-3-2-8-19-13/h4-7,10,13,17H,2-3,8-9H2,1H3,(H,16,18). The number of ether oxygens (including phenoxy) is 1. The van der Waals surface area contributed by atoms with Crippen molar-refractivity contribution in [2.24, 2.45) is 0 Å². The zero-order chi connectivity index (χ0) is 13.7. The monoisotopic (exact) mass is 266 g/mol. The summed E-state index contributed by atoms with van der Waals surface area (Å²) in [5.41, 5.74) is 0.723. The molecule has 0 aliphatic carbocycles. The highest BCUT2D eigenvalue weighted by Crippen LogP contribution is 2.11. The summed E-state index contributed by atoms with van der Waals surface area (Å²) < 4.78 is 18.2. The van der Waals surface area contributed by atoms with E-state index in [0.717, 1.165) is 25.1 Å². The van der Waals surface area contributed by atoms with Gasteiger partial charge < -0.3 is 15.4 Å². The quantitative estimate of drug-likeness (QED) is 0.856. The van der Waals surface area contributed by atoms with Gasteiger partial charge in [0.2, 0.25) is 5.91 Å². The second-order valence-corrected chi connectivity index (χ2v) is 4.75. The third kappa shape index (κ3) is 4.21. The number of hydrogen-bond donors (Lipinski definition) is 2. The SMILES string of the molecule is CC(Nc1ccc(F)cc1)C(=O)NCC1CCCO1. The highest BCUT2D eigenvalue weighted by molar-refractivity contribution is 5.84. The summed E-state index contributed by atoms with van der Waals surface area (Å²) >= 11 is 0. The van der Waals surface area contributed by atoms with Crippen LogP contribution in [0, 0.1) is 5.82 Å². The van der Waals surface area contributed by atoms with Gasteiger partial charge in [-0.3, -0.25) is 4.79 Å². The van der Waals surface area contributed by atoms with E-state index in [1.54, 1.807) is 19.1 Å². The molecule has 104 valence electrons. The largest absolute Gasteiger partial charge is 0.376 e. The van der Waals surface area contributed by atoms with Gasteiger partial charge in [-0.15, -0.1) is 0 Å². The molecule has 2 unspecified atom stereocenters. The van der Waals surface area contributed by atoms with Crippen molar-refractivity contribution >= 4 is 11.6 Å². The molecule has 5 heteroatoms. The predicted molar refractivity (Wildman–Crippen MR) is 71.5 cm³/mol. The summed E-state index contributed by atoms with van der Waals surface area (Å²) in [6.45, 7) is 3.10. The van der Waals surface area contributed by atoms with Gasteiger partial charge in [-0.1, -0.05) is 0 Å². The Kier molecular flexibility index (Phi) is 4.74. The van der Waals surface area contributed by atoms with Crippen LogP contribution >= 0.6 is 0 Å². The summed E-state index contributed by atoms with van der Waals surface area (Å²) in [5, 5.41) is 5.88. The molecule has 0 radical (unpaired) electrons. The number of nitrogens with one attached hydrogen (secondary N) is 2. The van der Waals surface area contributed by atoms with Crippen molar-refractivity contribution in [1.29, 1.82) is 0 Å². The maximum absolute atomic E-state index is 12.8. The molecule has 19 heavy (non-hydrogen) atoms. The molecule has 2 atom stereocenters. The van der Waals surface area contributed by atoms with E-state index < -0.39 is 0 Å². The van der Waals surface area contributed by atoms with E-state index in [9.17, 15) is 9.18 Å². The van der Waals surface area contributed by atoms with Gasteiger partial charge in [-0.25, -0.2) is 4.39 Å². The van der Waals surface area contributed by atoms with Crippen LogP contribution in [0.4, 0.5) is 10.1 Å². The van der Waals surface area contributed by atoms with Crippen LogP contribution in [0.15, 0.2) is 24.3 Å². The molecule has 1 aromatic carbocycles. The number of amides is 1. The average Bonchev–Trinajstić information content (AvgIpc) is 2.91. The van der Waals surface area contributed by atoms with Crippen LogP contribution in [-0.2, 0) is 9.53 Å². The maximum atomic E-state index is 12.8. The first-order chi connectivity index (χ1) is 9.15. The van der Waals surface area contributed by atoms with E-state index in [4.69, 9.17) is 4.74 Å². The molecule has 0 spiro atoms. The van der Waals surface area contributed by atoms with Crippen LogP contribution in [-0.4, -0.2) is 31.2 Å². The van der Waals surface area contributed by atoms with Crippen molar-refractivity contribution in [3.63, 3.8) is 0 Å². The number of halogens is 1. The fraction of sp³-hybridized carbons (Fsp3) is 0.500. The van der Waals surface area contributed by atoms with Crippen molar-refractivity contribution in [2.75, 3.05) is 18.5 Å². The highest BCUT2D eigenvalue weighted by Gasteiger charge is 2.18. The Hall–Kier alpha value is -1.62. The topological polar surface area (TPSA) is 50.4 Å². The molecular formula is C14H19FN2O2. The van der Waals surface area contributed by atoms with E-state index in [0.29, 0.717) is 6.54 Å². The molecule has 4 nitrogen and oxygen atoms in total. The minimum atomic E-state index is -0.369. The molecule has 0 aromatic heterocycles. The van der Waals surface area contributed by atoms with E-state index in [2.05, 4.69) is 10.6 Å². The number of rotatable bonds is 5. The smallest absolute Gasteiger partial charge is 0.242 e. The molecule has 2 rings (SSSR count). The van der Waals surface area contributed by atoms with Gasteiger partial charge >= 0.3 is 0 Å². The molecule has 1 heterocycles. The van der Waals surface area contributed by atoms with Crippen LogP contribution in [0.25, 0.3) is 0 Å². The lowest BCUT2D eigenvalue weighted by atomic mass is 10.2. The zero-order valence-electron chi connectivity index (χ0n) is 11.0. The van der Waals surface area contributed by atoms with Crippen LogP contribution in [0.1, 0.15) is 19.8 Å². The predicted octanol–water partition coefficient (Wildman–Crippen LogP) is 1.92. The first kappa shape index (κ1) is 13.8. The molecule has 1 aromatic rings. The number of hydrogen-bond acceptors (Lipinski definition) is 3. The van der Waals surface area contributed by atoms with Gasteiger partial charge in [-0.2, -0.15) is 0 Å². The minimum absolute atomic E-state index is 0.0835. The fourth-order valence-corrected chi connectivity index (χ4v) is 2.03. The zero-order valence-corrected chi connectivity index (χ0v) is 11.0. The highest BCUT2D eigenvalue weighted by atomic mass is 19.1. The normalized spacial score (nSPS) is 20.0. The minimum Gasteiger partial charge on any atom is -0.376 e. The third-order valence-corrected chi connectivity index (χ3v) is 3.15. The van der Waals surface area contributed by atoms with E-state index in [1.165, 1.54) is 12.1 Å². The fourth-order valence-electron chi connectivity index (χ4n) is 2.03. The van der Waals surface area contributed by atoms with Gasteiger partial charge in [0.1, 0.15) is 11.9 Å². The van der Waals surface area contributed by atoms with Gasteiger partial charge in [-0.05, 0) is 44.0 Å². The summed E-state index contributed by atoms with van der Waals surface area (Å²) in [6, 6.07) is 5.57. The Morgan fingerprint density at radius 1 is 1.47 bits per heavy atom. The van der Waals surface area contributed by atoms with Crippen LogP contribution in [0.2, 0.25) is 0 Å². The summed E-state index contributed by atoms with van der Waals surface area (Å²) in [7, 11) is 0. The Labute approximate surface area is 112 Å². The number of carbonyl (C=O) groups excluding carboxylic acids is 1. The second-order valence-electron chi connectivity index (χ2n) is 4.75. The van der Waals surface area contributed by atoms with E-state index in [1.807, 2.05) is 0 Å². The Balaban J connectivity index is 1.76. The lowest BCUT2D eigenvalue weighted by Gasteiger charge is -2.17. The summed E-state index contributed by atoms with van der Waals surface area (Å²) in [5.74, 6) is -0.374. The van der Waals surface area contributed by atoms with Gasteiger partial charge in [0.05, 0.1) is 6.10 Å². The Morgan fingerprint density at radius 3 is 2.84 bits per heavy atom. The molecule has 1 saturated heterocycles.